The first-order valence-electron chi connectivity index (χ1n) is 6.30. The Balaban J connectivity index is 4.20. The summed E-state index contributed by atoms with van der Waals surface area (Å²) in [7, 11) is 0. The van der Waals surface area contributed by atoms with Crippen molar-refractivity contribution in [3.63, 3.8) is 0 Å². The highest BCUT2D eigenvalue weighted by Gasteiger charge is 2.19. The normalized spacial score (nSPS) is 10.3. The fourth-order valence-corrected chi connectivity index (χ4v) is 1.91. The van der Waals surface area contributed by atoms with Gasteiger partial charge in [0.25, 0.3) is 0 Å². The zero-order chi connectivity index (χ0) is 14.0. The lowest BCUT2D eigenvalue weighted by atomic mass is 10.3. The summed E-state index contributed by atoms with van der Waals surface area (Å²) in [6.07, 6.45) is 0.781. The topological polar surface area (TPSA) is 77.0 Å². The average Bonchev–Trinajstić information content (AvgIpc) is 2.41. The highest BCUT2D eigenvalue weighted by molar-refractivity contribution is 5.35. The summed E-state index contributed by atoms with van der Waals surface area (Å²) in [4.78, 5) is 0. The molecule has 0 aromatic carbocycles. The molecule has 0 aromatic heterocycles. The van der Waals surface area contributed by atoms with E-state index in [0.717, 1.165) is 37.1 Å². The lowest BCUT2D eigenvalue weighted by Gasteiger charge is -2.35. The van der Waals surface area contributed by atoms with E-state index in [1.165, 1.54) is 0 Å². The molecule has 0 rings (SSSR count). The van der Waals surface area contributed by atoms with Crippen LogP contribution in [0.15, 0.2) is 11.5 Å². The van der Waals surface area contributed by atoms with Gasteiger partial charge in [0.1, 0.15) is 12.1 Å². The van der Waals surface area contributed by atoms with Crippen molar-refractivity contribution in [3.8, 4) is 12.1 Å². The maximum Gasteiger partial charge on any atom is 0.306 e. The molecular weight excluding hydrogens is 230 g/mol. The summed E-state index contributed by atoms with van der Waals surface area (Å²) in [5, 5.41) is 26.4. The molecule has 5 heteroatoms. The van der Waals surface area contributed by atoms with Gasteiger partial charge in [0.2, 0.25) is 5.57 Å². The van der Waals surface area contributed by atoms with Gasteiger partial charge in [-0.05, 0) is 20.8 Å². The summed E-state index contributed by atoms with van der Waals surface area (Å²) < 4.78 is 6.01. The molecule has 0 aliphatic rings. The first kappa shape index (κ1) is 16.3. The number of ether oxygens (including phenoxy) is 1. The van der Waals surface area contributed by atoms with E-state index in [0.29, 0.717) is 6.61 Å². The summed E-state index contributed by atoms with van der Waals surface area (Å²) in [6, 6.07) is 3.16. The molecule has 0 saturated carbocycles. The Kier molecular flexibility index (Phi) is 7.58. The molecule has 0 atom stereocenters. The Bertz CT molecular complexity index is 335. The van der Waals surface area contributed by atoms with Crippen molar-refractivity contribution in [2.75, 3.05) is 32.8 Å². The molecule has 0 radical (unpaired) electrons. The van der Waals surface area contributed by atoms with Crippen LogP contribution in [0.4, 0.5) is 0 Å². The van der Waals surface area contributed by atoms with E-state index < -0.39 is 5.95 Å². The van der Waals surface area contributed by atoms with Gasteiger partial charge < -0.3 is 14.3 Å². The van der Waals surface area contributed by atoms with Crippen LogP contribution in [0.25, 0.3) is 0 Å². The lowest BCUT2D eigenvalue weighted by Crippen LogP contribution is -2.48. The highest BCUT2D eigenvalue weighted by Crippen LogP contribution is 2.08. The Hall–Kier alpha value is -1.72. The van der Waals surface area contributed by atoms with Gasteiger partial charge in [0, 0.05) is 6.42 Å². The third-order valence-corrected chi connectivity index (χ3v) is 3.47. The minimum Gasteiger partial charge on any atom is -0.479 e. The molecule has 0 bridgehead atoms. The number of hydrogen-bond donors (Lipinski definition) is 1. The molecule has 0 heterocycles. The van der Waals surface area contributed by atoms with Crippen LogP contribution >= 0.6 is 0 Å². The molecular formula is C13H22N3O2+. The molecule has 100 valence electrons. The van der Waals surface area contributed by atoms with E-state index in [1.807, 2.05) is 0 Å². The fraction of sp³-hybridized carbons (Fsp3) is 0.692. The van der Waals surface area contributed by atoms with Gasteiger partial charge in [-0.2, -0.15) is 10.5 Å². The largest absolute Gasteiger partial charge is 0.479 e. The minimum absolute atomic E-state index is 0.318. The quantitative estimate of drug-likeness (QED) is 0.310. The monoisotopic (exact) mass is 252 g/mol. The van der Waals surface area contributed by atoms with Crippen molar-refractivity contribution >= 4 is 0 Å². The molecule has 0 aliphatic carbocycles. The average molecular weight is 252 g/mol. The molecule has 5 nitrogen and oxygen atoms in total. The van der Waals surface area contributed by atoms with Crippen molar-refractivity contribution in [1.82, 2.24) is 0 Å². The number of nitrogens with zero attached hydrogens (tertiary/aromatic N) is 3. The standard InChI is InChI=1S/C13H21N3O2/c1-4-16(5-2,6-3)8-7-9-18-13(17)12(10-14)11-15/h4-9H2,1-3H3/p+1. The molecule has 0 spiro atoms. The number of hydrogen-bond acceptors (Lipinski definition) is 4. The van der Waals surface area contributed by atoms with Crippen molar-refractivity contribution in [1.29, 1.82) is 10.5 Å². The van der Waals surface area contributed by atoms with Crippen LogP contribution in [0.5, 0.6) is 0 Å². The van der Waals surface area contributed by atoms with E-state index in [2.05, 4.69) is 20.8 Å². The maximum atomic E-state index is 9.32. The fourth-order valence-electron chi connectivity index (χ4n) is 1.91. The third kappa shape index (κ3) is 4.65. The van der Waals surface area contributed by atoms with Crippen LogP contribution in [0.1, 0.15) is 27.2 Å². The van der Waals surface area contributed by atoms with Gasteiger partial charge in [-0.3, -0.25) is 0 Å². The van der Waals surface area contributed by atoms with Gasteiger partial charge in [-0.15, -0.1) is 0 Å². The van der Waals surface area contributed by atoms with Crippen LogP contribution in [-0.2, 0) is 4.74 Å². The van der Waals surface area contributed by atoms with E-state index in [9.17, 15) is 5.11 Å². The summed E-state index contributed by atoms with van der Waals surface area (Å²) >= 11 is 0. The third-order valence-electron chi connectivity index (χ3n) is 3.47. The number of nitriles is 2. The van der Waals surface area contributed by atoms with E-state index in [1.54, 1.807) is 12.1 Å². The van der Waals surface area contributed by atoms with Crippen LogP contribution in [0.2, 0.25) is 0 Å². The summed E-state index contributed by atoms with van der Waals surface area (Å²) in [6.45, 7) is 11.0. The number of quaternary nitrogens is 1. The number of aliphatic hydroxyl groups is 1. The number of rotatable bonds is 8. The summed E-state index contributed by atoms with van der Waals surface area (Å²) in [5.41, 5.74) is -0.378. The molecule has 0 saturated heterocycles. The molecule has 0 amide bonds. The zero-order valence-electron chi connectivity index (χ0n) is 11.4. The van der Waals surface area contributed by atoms with Crippen LogP contribution < -0.4 is 0 Å². The SMILES string of the molecule is CC[N+](CC)(CC)CCCOC(O)=C(C#N)C#N. The molecule has 0 aromatic rings. The Morgan fingerprint density at radius 1 is 1.11 bits per heavy atom. The zero-order valence-corrected chi connectivity index (χ0v) is 11.4. The van der Waals surface area contributed by atoms with Crippen LogP contribution in [-0.4, -0.2) is 42.4 Å². The first-order chi connectivity index (χ1) is 8.59. The molecule has 0 aliphatic heterocycles. The van der Waals surface area contributed by atoms with E-state index in [4.69, 9.17) is 15.3 Å². The van der Waals surface area contributed by atoms with Crippen molar-refractivity contribution in [2.45, 2.75) is 27.2 Å². The Labute approximate surface area is 109 Å². The predicted molar refractivity (Wildman–Crippen MR) is 68.2 cm³/mol. The molecule has 0 unspecified atom stereocenters. The maximum absolute atomic E-state index is 9.32. The predicted octanol–water partition coefficient (Wildman–Crippen LogP) is 2.09. The molecule has 1 N–H and O–H groups in total. The number of aliphatic hydroxyl groups excluding tert-OH is 1. The smallest absolute Gasteiger partial charge is 0.306 e. The van der Waals surface area contributed by atoms with Crippen molar-refractivity contribution < 1.29 is 14.3 Å². The molecule has 18 heavy (non-hydrogen) atoms. The van der Waals surface area contributed by atoms with Gasteiger partial charge in [0.05, 0.1) is 32.8 Å². The van der Waals surface area contributed by atoms with E-state index >= 15 is 0 Å². The van der Waals surface area contributed by atoms with E-state index in [-0.39, 0.29) is 5.57 Å². The lowest BCUT2D eigenvalue weighted by molar-refractivity contribution is -0.923. The van der Waals surface area contributed by atoms with Crippen LogP contribution in [0, 0.1) is 22.7 Å². The van der Waals surface area contributed by atoms with Gasteiger partial charge in [-0.25, -0.2) is 0 Å². The molecule has 0 fully saturated rings. The second kappa shape index (κ2) is 8.38. The van der Waals surface area contributed by atoms with Gasteiger partial charge in [0.15, 0.2) is 0 Å². The second-order valence-corrected chi connectivity index (χ2v) is 4.12. The second-order valence-electron chi connectivity index (χ2n) is 4.12. The number of allylic oxidation sites excluding steroid dienone is 1. The minimum atomic E-state index is -0.567. The van der Waals surface area contributed by atoms with Gasteiger partial charge >= 0.3 is 5.95 Å². The first-order valence-corrected chi connectivity index (χ1v) is 6.30. The van der Waals surface area contributed by atoms with Gasteiger partial charge in [-0.1, -0.05) is 0 Å². The Morgan fingerprint density at radius 2 is 1.61 bits per heavy atom. The van der Waals surface area contributed by atoms with Crippen molar-refractivity contribution in [2.24, 2.45) is 0 Å². The summed E-state index contributed by atoms with van der Waals surface area (Å²) in [5.74, 6) is -0.567. The highest BCUT2D eigenvalue weighted by atomic mass is 16.6. The Morgan fingerprint density at radius 3 is 2.00 bits per heavy atom. The van der Waals surface area contributed by atoms with Crippen molar-refractivity contribution in [3.05, 3.63) is 11.5 Å². The van der Waals surface area contributed by atoms with Crippen LogP contribution in [0.3, 0.4) is 0 Å².